The highest BCUT2D eigenvalue weighted by Crippen LogP contribution is 2.68. The van der Waals surface area contributed by atoms with Gasteiger partial charge in [-0.3, -0.25) is 9.59 Å². The molecule has 4 aliphatic carbocycles. The van der Waals surface area contributed by atoms with E-state index in [0.717, 1.165) is 0 Å². The number of fused-ring (bicyclic) bond motifs is 5. The van der Waals surface area contributed by atoms with Crippen molar-refractivity contribution in [3.63, 3.8) is 0 Å². The summed E-state index contributed by atoms with van der Waals surface area (Å²) in [4.78, 5) is 25.4. The molecule has 5 rings (SSSR count). The van der Waals surface area contributed by atoms with Gasteiger partial charge in [-0.1, -0.05) is 20.8 Å². The van der Waals surface area contributed by atoms with Crippen molar-refractivity contribution >= 4 is 11.8 Å². The summed E-state index contributed by atoms with van der Waals surface area (Å²) in [5.41, 5.74) is -3.74. The Kier molecular flexibility index (Phi) is 6.73. The Bertz CT molecular complexity index is 1020. The standard InChI is InChI=1S/C29H44O9/c1-14-15(22(33)13-38-25(14)35)9-24(34)28(4,36)23-6-8-29(37)17-10-19(30)18-11-20(31)21(32)12-26(18,2)16(17)5-7-27(23,29)3/h10,14-16,18,20-24,31-34,36-37H,5-9,11-13H2,1-4H3/t14-,15-,16-,18-,20+,21-,22-,23-,24+,26+,27+,28+,29?/m0/s1. The van der Waals surface area contributed by atoms with E-state index in [1.807, 2.05) is 13.8 Å². The summed E-state index contributed by atoms with van der Waals surface area (Å²) < 4.78 is 4.99. The van der Waals surface area contributed by atoms with Crippen LogP contribution in [0.5, 0.6) is 0 Å². The molecule has 4 fully saturated rings. The number of hydrogen-bond acceptors (Lipinski definition) is 9. The summed E-state index contributed by atoms with van der Waals surface area (Å²) in [6, 6.07) is 0. The zero-order valence-corrected chi connectivity index (χ0v) is 22.8. The molecule has 5 aliphatic rings. The smallest absolute Gasteiger partial charge is 0.309 e. The average molecular weight is 537 g/mol. The van der Waals surface area contributed by atoms with Gasteiger partial charge in [-0.25, -0.2) is 0 Å². The molecule has 38 heavy (non-hydrogen) atoms. The van der Waals surface area contributed by atoms with E-state index < -0.39 is 76.1 Å². The Labute approximate surface area is 223 Å². The second kappa shape index (κ2) is 9.08. The van der Waals surface area contributed by atoms with Crippen molar-refractivity contribution in [1.29, 1.82) is 0 Å². The predicted octanol–water partition coefficient (Wildman–Crippen LogP) is 0.863. The van der Waals surface area contributed by atoms with Gasteiger partial charge in [0.15, 0.2) is 5.78 Å². The highest BCUT2D eigenvalue weighted by Gasteiger charge is 2.69. The van der Waals surface area contributed by atoms with Crippen LogP contribution in [0.15, 0.2) is 11.6 Å². The van der Waals surface area contributed by atoms with Gasteiger partial charge in [0.2, 0.25) is 0 Å². The molecule has 9 nitrogen and oxygen atoms in total. The fourth-order valence-corrected chi connectivity index (χ4v) is 9.33. The van der Waals surface area contributed by atoms with Crippen LogP contribution in [0.4, 0.5) is 0 Å². The molecule has 1 unspecified atom stereocenters. The first-order valence-electron chi connectivity index (χ1n) is 14.2. The molecule has 9 heteroatoms. The van der Waals surface area contributed by atoms with Crippen LogP contribution in [0.3, 0.4) is 0 Å². The second-order valence-corrected chi connectivity index (χ2v) is 13.7. The summed E-state index contributed by atoms with van der Waals surface area (Å²) in [7, 11) is 0. The van der Waals surface area contributed by atoms with Gasteiger partial charge in [0.1, 0.15) is 6.61 Å². The van der Waals surface area contributed by atoms with Crippen LogP contribution < -0.4 is 0 Å². The number of carbonyl (C=O) groups is 2. The third-order valence-corrected chi connectivity index (χ3v) is 11.9. The summed E-state index contributed by atoms with van der Waals surface area (Å²) in [5.74, 6) is -2.81. The second-order valence-electron chi connectivity index (χ2n) is 13.7. The highest BCUT2D eigenvalue weighted by molar-refractivity contribution is 5.95. The summed E-state index contributed by atoms with van der Waals surface area (Å²) in [5, 5.41) is 66.7. The SMILES string of the molecule is C[C@@H]1C(=O)OC[C@H](O)[C@H]1C[C@@H](O)[C@](C)(O)[C@H]1CCC2(O)C3=CC(=O)[C@@H]4C[C@@H](O)[C@@H](O)C[C@]4(C)[C@H]3CC[C@]12C. The molecule has 0 aromatic heterocycles. The van der Waals surface area contributed by atoms with Gasteiger partial charge in [-0.15, -0.1) is 0 Å². The summed E-state index contributed by atoms with van der Waals surface area (Å²) in [6.45, 7) is 6.99. The molecule has 0 aromatic carbocycles. The van der Waals surface area contributed by atoms with Crippen LogP contribution in [0, 0.1) is 40.4 Å². The number of rotatable bonds is 4. The molecule has 3 saturated carbocycles. The number of esters is 1. The topological polar surface area (TPSA) is 165 Å². The maximum Gasteiger partial charge on any atom is 0.309 e. The van der Waals surface area contributed by atoms with Gasteiger partial charge in [0.05, 0.1) is 41.5 Å². The van der Waals surface area contributed by atoms with Crippen molar-refractivity contribution in [2.75, 3.05) is 6.61 Å². The molecule has 0 amide bonds. The minimum Gasteiger partial charge on any atom is -0.463 e. The number of carbonyl (C=O) groups excluding carboxylic acids is 2. The van der Waals surface area contributed by atoms with Crippen LogP contribution in [0.25, 0.3) is 0 Å². The Hall–Kier alpha value is -1.36. The number of hydrogen-bond donors (Lipinski definition) is 6. The zero-order chi connectivity index (χ0) is 28.0. The Morgan fingerprint density at radius 3 is 2.45 bits per heavy atom. The Morgan fingerprint density at radius 2 is 1.76 bits per heavy atom. The lowest BCUT2D eigenvalue weighted by Crippen LogP contribution is -2.63. The summed E-state index contributed by atoms with van der Waals surface area (Å²) in [6.07, 6.45) is -0.0153. The van der Waals surface area contributed by atoms with Crippen LogP contribution in [0.2, 0.25) is 0 Å². The molecular weight excluding hydrogens is 492 g/mol. The van der Waals surface area contributed by atoms with Gasteiger partial charge >= 0.3 is 5.97 Å². The molecule has 0 spiro atoms. The number of aliphatic hydroxyl groups excluding tert-OH is 4. The van der Waals surface area contributed by atoms with E-state index in [0.29, 0.717) is 31.3 Å². The number of cyclic esters (lactones) is 1. The number of allylic oxidation sites excluding steroid dienone is 1. The lowest BCUT2D eigenvalue weighted by molar-refractivity contribution is -0.186. The molecule has 0 radical (unpaired) electrons. The number of aliphatic hydroxyl groups is 6. The molecule has 6 N–H and O–H groups in total. The predicted molar refractivity (Wildman–Crippen MR) is 135 cm³/mol. The largest absolute Gasteiger partial charge is 0.463 e. The molecule has 13 atom stereocenters. The van der Waals surface area contributed by atoms with Crippen LogP contribution in [-0.2, 0) is 14.3 Å². The average Bonchev–Trinajstić information content (AvgIpc) is 3.13. The van der Waals surface area contributed by atoms with E-state index in [4.69, 9.17) is 4.74 Å². The van der Waals surface area contributed by atoms with Gasteiger partial charge in [-0.05, 0) is 80.8 Å². The minimum atomic E-state index is -1.62. The molecule has 1 aliphatic heterocycles. The molecule has 1 heterocycles. The molecule has 0 bridgehead atoms. The molecule has 1 saturated heterocycles. The Morgan fingerprint density at radius 1 is 1.08 bits per heavy atom. The maximum absolute atomic E-state index is 13.3. The molecule has 0 aromatic rings. The van der Waals surface area contributed by atoms with E-state index in [9.17, 15) is 40.2 Å². The zero-order valence-electron chi connectivity index (χ0n) is 22.8. The van der Waals surface area contributed by atoms with Crippen LogP contribution in [0.1, 0.15) is 72.6 Å². The Balaban J connectivity index is 1.43. The normalized spacial score (nSPS) is 51.2. The van der Waals surface area contributed by atoms with E-state index >= 15 is 0 Å². The van der Waals surface area contributed by atoms with Crippen molar-refractivity contribution in [2.24, 2.45) is 40.4 Å². The van der Waals surface area contributed by atoms with Crippen LogP contribution >= 0.6 is 0 Å². The summed E-state index contributed by atoms with van der Waals surface area (Å²) >= 11 is 0. The fourth-order valence-electron chi connectivity index (χ4n) is 9.33. The lowest BCUT2D eigenvalue weighted by atomic mass is 9.45. The van der Waals surface area contributed by atoms with Gasteiger partial charge in [-0.2, -0.15) is 0 Å². The third-order valence-electron chi connectivity index (χ3n) is 11.9. The maximum atomic E-state index is 13.3. The molecule has 214 valence electrons. The quantitative estimate of drug-likeness (QED) is 0.286. The van der Waals surface area contributed by atoms with Gasteiger partial charge in [0.25, 0.3) is 0 Å². The first kappa shape index (κ1) is 28.2. The van der Waals surface area contributed by atoms with Crippen molar-refractivity contribution < 1.29 is 45.0 Å². The van der Waals surface area contributed by atoms with E-state index in [-0.39, 0.29) is 37.6 Å². The van der Waals surface area contributed by atoms with Crippen molar-refractivity contribution in [1.82, 2.24) is 0 Å². The monoisotopic (exact) mass is 536 g/mol. The van der Waals surface area contributed by atoms with E-state index in [1.54, 1.807) is 19.9 Å². The third kappa shape index (κ3) is 3.79. The van der Waals surface area contributed by atoms with Gasteiger partial charge < -0.3 is 35.4 Å². The van der Waals surface area contributed by atoms with Crippen molar-refractivity contribution in [3.05, 3.63) is 11.6 Å². The first-order chi connectivity index (χ1) is 17.6. The minimum absolute atomic E-state index is 0.0131. The lowest BCUT2D eigenvalue weighted by Gasteiger charge is -2.60. The first-order valence-corrected chi connectivity index (χ1v) is 14.2. The molecular formula is C29H44O9. The van der Waals surface area contributed by atoms with Crippen LogP contribution in [-0.4, -0.2) is 84.6 Å². The van der Waals surface area contributed by atoms with E-state index in [1.165, 1.54) is 0 Å². The van der Waals surface area contributed by atoms with E-state index in [2.05, 4.69) is 0 Å². The van der Waals surface area contributed by atoms with Crippen molar-refractivity contribution in [3.8, 4) is 0 Å². The van der Waals surface area contributed by atoms with Gasteiger partial charge in [0, 0.05) is 17.3 Å². The van der Waals surface area contributed by atoms with Crippen molar-refractivity contribution in [2.45, 2.75) is 108 Å². The highest BCUT2D eigenvalue weighted by atomic mass is 16.5. The fraction of sp³-hybridized carbons (Fsp3) is 0.862. The number of ketones is 1. The number of ether oxygens (including phenoxy) is 1.